The van der Waals surface area contributed by atoms with E-state index >= 15 is 0 Å². The van der Waals surface area contributed by atoms with E-state index in [4.69, 9.17) is 0 Å². The number of nitrogens with zero attached hydrogens (tertiary/aromatic N) is 2. The summed E-state index contributed by atoms with van der Waals surface area (Å²) in [5.41, 5.74) is 1.14. The van der Waals surface area contributed by atoms with E-state index in [0.717, 1.165) is 5.52 Å². The Morgan fingerprint density at radius 3 is 2.82 bits per heavy atom. The maximum Gasteiger partial charge on any atom is 0.0661 e. The van der Waals surface area contributed by atoms with E-state index < -0.39 is 0 Å². The summed E-state index contributed by atoms with van der Waals surface area (Å²) in [5.74, 6) is 0. The van der Waals surface area contributed by atoms with Crippen molar-refractivity contribution in [1.29, 1.82) is 0 Å². The average Bonchev–Trinajstić information content (AvgIpc) is 2.55. The molecule has 0 fully saturated rings. The van der Waals surface area contributed by atoms with Gasteiger partial charge in [0.15, 0.2) is 0 Å². The van der Waals surface area contributed by atoms with E-state index in [-0.39, 0.29) is 0 Å². The molecule has 0 radical (unpaired) electrons. The molecule has 0 aliphatic heterocycles. The zero-order valence-electron chi connectivity index (χ0n) is 6.31. The molecular formula is C8H10N2S. The lowest BCUT2D eigenvalue weighted by Crippen LogP contribution is -1.81. The zero-order chi connectivity index (χ0) is 8.10. The highest BCUT2D eigenvalue weighted by molar-refractivity contribution is 7.79. The average molecular weight is 166 g/mol. The van der Waals surface area contributed by atoms with E-state index in [1.165, 1.54) is 0 Å². The summed E-state index contributed by atoms with van der Waals surface area (Å²) in [6.07, 6.45) is 5.41. The lowest BCUT2D eigenvalue weighted by molar-refractivity contribution is 0.961. The van der Waals surface area contributed by atoms with Crippen molar-refractivity contribution in [2.24, 2.45) is 0 Å². The molecule has 0 atom stereocenters. The van der Waals surface area contributed by atoms with Gasteiger partial charge in [-0.05, 0) is 24.5 Å². The van der Waals surface area contributed by atoms with Crippen LogP contribution in [0.4, 0.5) is 0 Å². The van der Waals surface area contributed by atoms with Crippen molar-refractivity contribution >= 4 is 18.1 Å². The third-order valence-corrected chi connectivity index (χ3v) is 1.31. The third-order valence-electron chi connectivity index (χ3n) is 1.31. The predicted molar refractivity (Wildman–Crippen MR) is 50.1 cm³/mol. The molecule has 11 heavy (non-hydrogen) atoms. The minimum atomic E-state index is 1.14. The minimum Gasteiger partial charge on any atom is -0.241 e. The molecule has 0 saturated carbocycles. The van der Waals surface area contributed by atoms with Crippen LogP contribution in [-0.2, 0) is 0 Å². The van der Waals surface area contributed by atoms with Crippen molar-refractivity contribution < 1.29 is 0 Å². The Balaban J connectivity index is 0.000000281. The van der Waals surface area contributed by atoms with Gasteiger partial charge in [-0.25, -0.2) is 4.52 Å². The van der Waals surface area contributed by atoms with Crippen molar-refractivity contribution in [3.8, 4) is 0 Å². The van der Waals surface area contributed by atoms with Crippen molar-refractivity contribution in [2.45, 2.75) is 0 Å². The van der Waals surface area contributed by atoms with Crippen LogP contribution >= 0.6 is 12.6 Å². The van der Waals surface area contributed by atoms with Crippen LogP contribution < -0.4 is 0 Å². The van der Waals surface area contributed by atoms with Gasteiger partial charge in [0.25, 0.3) is 0 Å². The van der Waals surface area contributed by atoms with E-state index in [1.54, 1.807) is 12.5 Å². The summed E-state index contributed by atoms with van der Waals surface area (Å²) >= 11 is 3.53. The molecule has 0 amide bonds. The Bertz CT molecular complexity index is 286. The van der Waals surface area contributed by atoms with Gasteiger partial charge in [0.1, 0.15) is 0 Å². The molecule has 2 rings (SSSR count). The fourth-order valence-corrected chi connectivity index (χ4v) is 0.866. The Labute approximate surface area is 71.3 Å². The maximum atomic E-state index is 4.04. The molecule has 0 spiro atoms. The Morgan fingerprint density at radius 2 is 2.09 bits per heavy atom. The van der Waals surface area contributed by atoms with E-state index in [2.05, 4.69) is 17.7 Å². The second-order valence-corrected chi connectivity index (χ2v) is 1.90. The summed E-state index contributed by atoms with van der Waals surface area (Å²) in [6, 6.07) is 7.95. The molecule has 2 aromatic rings. The minimum absolute atomic E-state index is 1.14. The van der Waals surface area contributed by atoms with Crippen molar-refractivity contribution in [1.82, 2.24) is 9.61 Å². The molecular weight excluding hydrogens is 156 g/mol. The molecule has 0 saturated heterocycles. The fourth-order valence-electron chi connectivity index (χ4n) is 0.866. The van der Waals surface area contributed by atoms with Gasteiger partial charge >= 0.3 is 0 Å². The first kappa shape index (κ1) is 8.14. The highest BCUT2D eigenvalue weighted by Gasteiger charge is 1.85. The first-order valence-corrected chi connectivity index (χ1v) is 4.19. The molecule has 2 nitrogen and oxygen atoms in total. The highest BCUT2D eigenvalue weighted by atomic mass is 32.1. The standard InChI is InChI=1S/C7H6N2.CH4S/c1-2-6-9-7(3-1)4-5-8-9;1-2/h1-6H;2H,1H3. The van der Waals surface area contributed by atoms with E-state index in [0.29, 0.717) is 0 Å². The molecule has 3 heteroatoms. The van der Waals surface area contributed by atoms with Gasteiger partial charge in [-0.2, -0.15) is 17.7 Å². The van der Waals surface area contributed by atoms with Gasteiger partial charge in [0.2, 0.25) is 0 Å². The highest BCUT2D eigenvalue weighted by Crippen LogP contribution is 1.98. The zero-order valence-corrected chi connectivity index (χ0v) is 7.20. The molecule has 0 bridgehead atoms. The summed E-state index contributed by atoms with van der Waals surface area (Å²) in [7, 11) is 0. The first-order valence-electron chi connectivity index (χ1n) is 3.30. The van der Waals surface area contributed by atoms with Crippen LogP contribution in [0, 0.1) is 0 Å². The molecule has 2 aromatic heterocycles. The number of fused-ring (bicyclic) bond motifs is 1. The van der Waals surface area contributed by atoms with Gasteiger partial charge < -0.3 is 0 Å². The summed E-state index contributed by atoms with van der Waals surface area (Å²) in [5, 5.41) is 4.04. The Morgan fingerprint density at radius 1 is 1.27 bits per heavy atom. The largest absolute Gasteiger partial charge is 0.241 e. The monoisotopic (exact) mass is 166 g/mol. The van der Waals surface area contributed by atoms with Gasteiger partial charge in [-0.3, -0.25) is 0 Å². The van der Waals surface area contributed by atoms with Crippen LogP contribution in [0.3, 0.4) is 0 Å². The van der Waals surface area contributed by atoms with Gasteiger partial charge in [0, 0.05) is 12.4 Å². The number of pyridine rings is 1. The molecule has 0 unspecified atom stereocenters. The van der Waals surface area contributed by atoms with E-state index in [1.807, 2.05) is 35.0 Å². The SMILES string of the molecule is CS.c1ccn2nccc2c1. The summed E-state index contributed by atoms with van der Waals surface area (Å²) < 4.78 is 1.83. The van der Waals surface area contributed by atoms with Crippen LogP contribution in [-0.4, -0.2) is 15.9 Å². The molecule has 0 aromatic carbocycles. The van der Waals surface area contributed by atoms with Gasteiger partial charge in [0.05, 0.1) is 5.52 Å². The summed E-state index contributed by atoms with van der Waals surface area (Å²) in [6.45, 7) is 0. The number of hydrogen-bond acceptors (Lipinski definition) is 2. The molecule has 0 aliphatic rings. The normalized spacial score (nSPS) is 8.91. The van der Waals surface area contributed by atoms with Crippen LogP contribution in [0.1, 0.15) is 0 Å². The fraction of sp³-hybridized carbons (Fsp3) is 0.125. The predicted octanol–water partition coefficient (Wildman–Crippen LogP) is 1.88. The second kappa shape index (κ2) is 4.03. The number of hydrogen-bond donors (Lipinski definition) is 1. The van der Waals surface area contributed by atoms with Crippen molar-refractivity contribution in [2.75, 3.05) is 6.26 Å². The Hall–Kier alpha value is -0.960. The van der Waals surface area contributed by atoms with Crippen LogP contribution in [0.5, 0.6) is 0 Å². The van der Waals surface area contributed by atoms with Crippen LogP contribution in [0.25, 0.3) is 5.52 Å². The molecule has 2 heterocycles. The Kier molecular flexibility index (Phi) is 2.98. The number of rotatable bonds is 0. The molecule has 0 aliphatic carbocycles. The van der Waals surface area contributed by atoms with Crippen LogP contribution in [0.2, 0.25) is 0 Å². The maximum absolute atomic E-state index is 4.04. The lowest BCUT2D eigenvalue weighted by Gasteiger charge is -1.86. The number of thiol groups is 1. The topological polar surface area (TPSA) is 17.3 Å². The quantitative estimate of drug-likeness (QED) is 0.591. The number of aromatic nitrogens is 2. The van der Waals surface area contributed by atoms with Crippen molar-refractivity contribution in [3.05, 3.63) is 36.7 Å². The van der Waals surface area contributed by atoms with Crippen LogP contribution in [0.15, 0.2) is 36.7 Å². The van der Waals surface area contributed by atoms with Gasteiger partial charge in [-0.15, -0.1) is 0 Å². The smallest absolute Gasteiger partial charge is 0.0661 e. The summed E-state index contributed by atoms with van der Waals surface area (Å²) in [4.78, 5) is 0. The van der Waals surface area contributed by atoms with Gasteiger partial charge in [-0.1, -0.05) is 6.07 Å². The third kappa shape index (κ3) is 1.74. The first-order chi connectivity index (χ1) is 5.47. The second-order valence-electron chi connectivity index (χ2n) is 1.90. The molecule has 58 valence electrons. The van der Waals surface area contributed by atoms with Crippen molar-refractivity contribution in [3.63, 3.8) is 0 Å². The molecule has 0 N–H and O–H groups in total. The van der Waals surface area contributed by atoms with E-state index in [9.17, 15) is 0 Å². The lowest BCUT2D eigenvalue weighted by atomic mass is 10.4.